The number of carbonyl (C=O) groups excluding carboxylic acids is 4. The van der Waals surface area contributed by atoms with Gasteiger partial charge in [0.05, 0.1) is 22.3 Å². The van der Waals surface area contributed by atoms with E-state index in [0.29, 0.717) is 48.5 Å². The maximum atomic E-state index is 13.2. The van der Waals surface area contributed by atoms with Crippen molar-refractivity contribution in [3.05, 3.63) is 70.8 Å². The van der Waals surface area contributed by atoms with Gasteiger partial charge >= 0.3 is 23.9 Å². The Balaban J connectivity index is 1.74. The largest absolute Gasteiger partial charge is 0.504 e. The second-order valence-electron chi connectivity index (χ2n) is 11.2. The van der Waals surface area contributed by atoms with E-state index in [1.165, 1.54) is 0 Å². The van der Waals surface area contributed by atoms with E-state index in [0.717, 1.165) is 0 Å². The molecule has 1 atom stereocenters. The highest BCUT2D eigenvalue weighted by Crippen LogP contribution is 2.39. The van der Waals surface area contributed by atoms with E-state index in [1.807, 2.05) is 0 Å². The van der Waals surface area contributed by atoms with Crippen LogP contribution in [0.3, 0.4) is 0 Å². The number of phenols is 12. The molecule has 0 saturated carbocycles. The van der Waals surface area contributed by atoms with Crippen molar-refractivity contribution in [2.45, 2.75) is 11.7 Å². The highest BCUT2D eigenvalue weighted by Gasteiger charge is 2.45. The molecular formula is C33H28O21. The first-order valence-corrected chi connectivity index (χ1v) is 14.7. The number of hydrogen-bond acceptors (Lipinski definition) is 21. The summed E-state index contributed by atoms with van der Waals surface area (Å²) in [5, 5.41) is 129. The van der Waals surface area contributed by atoms with E-state index in [4.69, 9.17) is 18.9 Å². The molecule has 286 valence electrons. The number of ether oxygens (including phenoxy) is 4. The van der Waals surface area contributed by atoms with E-state index in [1.54, 1.807) is 0 Å². The average Bonchev–Trinajstić information content (AvgIpc) is 3.12. The Labute approximate surface area is 299 Å². The number of rotatable bonds is 12. The minimum Gasteiger partial charge on any atom is -0.504 e. The minimum atomic E-state index is -3.04. The van der Waals surface area contributed by atoms with Crippen molar-refractivity contribution >= 4 is 23.9 Å². The standard InChI is InChI=1S/C33H28O21/c34-16-1-12(2-17(35)25(16)42)29(46)51-9-24(54-32(49)15-7-22(40)28(45)23(41)8-15)33(50,10-52-30(47)13-3-18(36)26(43)19(37)4-13)11-53-31(48)14-5-20(38)27(44)21(39)6-14/h1-8,24,34-45,50H,9-11H2. The third kappa shape index (κ3) is 8.43. The van der Waals surface area contributed by atoms with Crippen LogP contribution in [0, 0.1) is 0 Å². The van der Waals surface area contributed by atoms with Crippen molar-refractivity contribution in [2.24, 2.45) is 0 Å². The van der Waals surface area contributed by atoms with Crippen LogP contribution in [0.25, 0.3) is 0 Å². The lowest BCUT2D eigenvalue weighted by Gasteiger charge is -2.34. The van der Waals surface area contributed by atoms with Gasteiger partial charge in [0.2, 0.25) is 0 Å². The van der Waals surface area contributed by atoms with Crippen molar-refractivity contribution in [3.8, 4) is 69.0 Å². The molecule has 1 unspecified atom stereocenters. The van der Waals surface area contributed by atoms with Gasteiger partial charge in [-0.25, -0.2) is 19.2 Å². The fraction of sp³-hybridized carbons (Fsp3) is 0.152. The maximum Gasteiger partial charge on any atom is 0.338 e. The fourth-order valence-corrected chi connectivity index (χ4v) is 4.39. The summed E-state index contributed by atoms with van der Waals surface area (Å²) in [6.45, 7) is -4.07. The number of benzene rings is 4. The van der Waals surface area contributed by atoms with Crippen LogP contribution in [-0.2, 0) is 18.9 Å². The second kappa shape index (κ2) is 15.3. The highest BCUT2D eigenvalue weighted by molar-refractivity contribution is 5.93. The molecule has 0 heterocycles. The summed E-state index contributed by atoms with van der Waals surface area (Å²) in [6.07, 6.45) is -2.34. The average molecular weight is 761 g/mol. The molecule has 0 radical (unpaired) electrons. The molecule has 4 aromatic rings. The Morgan fingerprint density at radius 1 is 0.426 bits per heavy atom. The molecule has 54 heavy (non-hydrogen) atoms. The molecule has 0 amide bonds. The van der Waals surface area contributed by atoms with Crippen LogP contribution in [0.5, 0.6) is 69.0 Å². The van der Waals surface area contributed by atoms with Gasteiger partial charge in [0.15, 0.2) is 80.7 Å². The lowest BCUT2D eigenvalue weighted by molar-refractivity contribution is -0.150. The van der Waals surface area contributed by atoms with Gasteiger partial charge in [0.25, 0.3) is 0 Å². The van der Waals surface area contributed by atoms with Crippen molar-refractivity contribution < 1.29 is 105 Å². The van der Waals surface area contributed by atoms with Crippen molar-refractivity contribution in [2.75, 3.05) is 19.8 Å². The summed E-state index contributed by atoms with van der Waals surface area (Å²) in [5.41, 5.74) is -5.66. The first-order valence-electron chi connectivity index (χ1n) is 14.7. The Morgan fingerprint density at radius 2 is 0.667 bits per heavy atom. The monoisotopic (exact) mass is 760 g/mol. The summed E-state index contributed by atoms with van der Waals surface area (Å²) in [6, 6.07) is 4.99. The van der Waals surface area contributed by atoms with Gasteiger partial charge in [0, 0.05) is 0 Å². The lowest BCUT2D eigenvalue weighted by atomic mass is 9.98. The van der Waals surface area contributed by atoms with E-state index in [9.17, 15) is 85.6 Å². The third-order valence-electron chi connectivity index (χ3n) is 7.34. The van der Waals surface area contributed by atoms with E-state index in [2.05, 4.69) is 0 Å². The van der Waals surface area contributed by atoms with Gasteiger partial charge in [-0.05, 0) is 48.5 Å². The molecule has 13 N–H and O–H groups in total. The molecule has 0 aromatic heterocycles. The normalized spacial score (nSPS) is 11.6. The van der Waals surface area contributed by atoms with Crippen LogP contribution in [0.1, 0.15) is 41.4 Å². The summed E-state index contributed by atoms with van der Waals surface area (Å²) in [7, 11) is 0. The van der Waals surface area contributed by atoms with Crippen LogP contribution in [0.4, 0.5) is 0 Å². The number of aliphatic hydroxyl groups is 1. The smallest absolute Gasteiger partial charge is 0.338 e. The number of esters is 4. The van der Waals surface area contributed by atoms with E-state index >= 15 is 0 Å². The van der Waals surface area contributed by atoms with Crippen molar-refractivity contribution in [1.29, 1.82) is 0 Å². The Morgan fingerprint density at radius 3 is 0.944 bits per heavy atom. The zero-order chi connectivity index (χ0) is 40.2. The zero-order valence-corrected chi connectivity index (χ0v) is 26.9. The zero-order valence-electron chi connectivity index (χ0n) is 26.9. The molecule has 0 fully saturated rings. The highest BCUT2D eigenvalue weighted by atomic mass is 16.6. The maximum absolute atomic E-state index is 13.2. The fourth-order valence-electron chi connectivity index (χ4n) is 4.39. The predicted octanol–water partition coefficient (Wildman–Crippen LogP) is 0.981. The topological polar surface area (TPSA) is 368 Å². The van der Waals surface area contributed by atoms with Gasteiger partial charge in [-0.3, -0.25) is 0 Å². The molecule has 21 heteroatoms. The van der Waals surface area contributed by atoms with Gasteiger partial charge in [-0.2, -0.15) is 0 Å². The summed E-state index contributed by atoms with van der Waals surface area (Å²) >= 11 is 0. The van der Waals surface area contributed by atoms with Crippen LogP contribution in [-0.4, -0.2) is 122 Å². The molecule has 4 aromatic carbocycles. The van der Waals surface area contributed by atoms with E-state index < -0.39 is 147 Å². The number of hydrogen-bond donors (Lipinski definition) is 13. The molecule has 0 aliphatic carbocycles. The predicted molar refractivity (Wildman–Crippen MR) is 171 cm³/mol. The molecule has 0 spiro atoms. The summed E-state index contributed by atoms with van der Waals surface area (Å²) < 4.78 is 20.5. The molecule has 0 saturated heterocycles. The SMILES string of the molecule is O=C(OCC(OC(=O)c1cc(O)c(O)c(O)c1)C(O)(COC(=O)c1cc(O)c(O)c(O)c1)COC(=O)c1cc(O)c(O)c(O)c1)c1cc(O)c(O)c(O)c1. The van der Waals surface area contributed by atoms with Crippen molar-refractivity contribution in [3.63, 3.8) is 0 Å². The van der Waals surface area contributed by atoms with Crippen LogP contribution in [0.15, 0.2) is 48.5 Å². The lowest BCUT2D eigenvalue weighted by Crippen LogP contribution is -2.55. The van der Waals surface area contributed by atoms with Gasteiger partial charge in [-0.1, -0.05) is 0 Å². The number of carbonyl (C=O) groups is 4. The molecule has 21 nitrogen and oxygen atoms in total. The molecular weight excluding hydrogens is 732 g/mol. The van der Waals surface area contributed by atoms with Crippen LogP contribution in [0.2, 0.25) is 0 Å². The first-order chi connectivity index (χ1) is 25.2. The Hall–Kier alpha value is -7.68. The van der Waals surface area contributed by atoms with Crippen LogP contribution < -0.4 is 0 Å². The van der Waals surface area contributed by atoms with Crippen molar-refractivity contribution in [1.82, 2.24) is 0 Å². The van der Waals surface area contributed by atoms with Gasteiger partial charge < -0.3 is 85.3 Å². The van der Waals surface area contributed by atoms with Gasteiger partial charge in [0.1, 0.15) is 19.8 Å². The molecule has 0 aliphatic rings. The quantitative estimate of drug-likeness (QED) is 0.0543. The minimum absolute atomic E-state index is 0.592. The summed E-state index contributed by atoms with van der Waals surface area (Å²) in [5.74, 6) is -18.0. The number of phenolic OH excluding ortho intramolecular Hbond substituents is 12. The molecule has 4 rings (SSSR count). The first kappa shape index (κ1) is 39.1. The molecule has 0 bridgehead atoms. The van der Waals surface area contributed by atoms with Crippen LogP contribution >= 0.6 is 0 Å². The Kier molecular flexibility index (Phi) is 11.1. The Bertz CT molecular complexity index is 1980. The second-order valence-corrected chi connectivity index (χ2v) is 11.2. The third-order valence-corrected chi connectivity index (χ3v) is 7.34. The van der Waals surface area contributed by atoms with E-state index in [-0.39, 0.29) is 0 Å². The van der Waals surface area contributed by atoms with Gasteiger partial charge in [-0.15, -0.1) is 0 Å². The number of aromatic hydroxyl groups is 12. The summed E-state index contributed by atoms with van der Waals surface area (Å²) in [4.78, 5) is 52.0. The molecule has 0 aliphatic heterocycles.